The summed E-state index contributed by atoms with van der Waals surface area (Å²) in [6, 6.07) is 5.30. The summed E-state index contributed by atoms with van der Waals surface area (Å²) >= 11 is 0. The lowest BCUT2D eigenvalue weighted by Gasteiger charge is -2.26. The van der Waals surface area contributed by atoms with Crippen molar-refractivity contribution in [2.24, 2.45) is 18.7 Å². The van der Waals surface area contributed by atoms with Crippen LogP contribution in [-0.4, -0.2) is 44.8 Å². The number of amides is 2. The molecule has 134 valence electrons. The lowest BCUT2D eigenvalue weighted by molar-refractivity contribution is -0.118. The molecule has 3 rings (SSSR count). The van der Waals surface area contributed by atoms with Crippen molar-refractivity contribution in [3.63, 3.8) is 0 Å². The van der Waals surface area contributed by atoms with Crippen LogP contribution in [0.1, 0.15) is 48.9 Å². The number of rotatable bonds is 6. The van der Waals surface area contributed by atoms with Crippen LogP contribution in [0.3, 0.4) is 0 Å². The van der Waals surface area contributed by atoms with E-state index in [-0.39, 0.29) is 12.5 Å². The van der Waals surface area contributed by atoms with Crippen LogP contribution >= 0.6 is 0 Å². The molecule has 2 amide bonds. The van der Waals surface area contributed by atoms with E-state index in [0.29, 0.717) is 23.5 Å². The molecule has 0 aliphatic heterocycles. The van der Waals surface area contributed by atoms with E-state index in [9.17, 15) is 9.59 Å². The number of nitrogens with zero attached hydrogens (tertiary/aromatic N) is 4. The third kappa shape index (κ3) is 4.15. The minimum Gasteiger partial charge on any atom is -0.368 e. The molecule has 0 unspecified atom stereocenters. The summed E-state index contributed by atoms with van der Waals surface area (Å²) in [5.74, 6) is -0.0286. The number of carbonyl (C=O) groups is 2. The van der Waals surface area contributed by atoms with Gasteiger partial charge in [0.15, 0.2) is 0 Å². The quantitative estimate of drug-likeness (QED) is 0.866. The van der Waals surface area contributed by atoms with Gasteiger partial charge in [0.1, 0.15) is 5.52 Å². The van der Waals surface area contributed by atoms with E-state index in [1.807, 2.05) is 6.07 Å². The smallest absolute Gasteiger partial charge is 0.254 e. The number of aromatic nitrogens is 3. The zero-order valence-electron chi connectivity index (χ0n) is 14.6. The molecule has 1 aliphatic rings. The van der Waals surface area contributed by atoms with Gasteiger partial charge in [0, 0.05) is 19.2 Å². The number of aryl methyl sites for hydroxylation is 1. The van der Waals surface area contributed by atoms with E-state index < -0.39 is 5.91 Å². The first-order chi connectivity index (χ1) is 12.0. The highest BCUT2D eigenvalue weighted by Gasteiger charge is 2.21. The first-order valence-electron chi connectivity index (χ1n) is 8.91. The number of benzene rings is 1. The normalized spacial score (nSPS) is 15.4. The minimum absolute atomic E-state index is 0.0515. The second kappa shape index (κ2) is 7.63. The summed E-state index contributed by atoms with van der Waals surface area (Å²) < 4.78 is 1.66. The highest BCUT2D eigenvalue weighted by atomic mass is 16.2. The fourth-order valence-electron chi connectivity index (χ4n) is 3.61. The fraction of sp³-hybridized carbons (Fsp3) is 0.556. The largest absolute Gasteiger partial charge is 0.368 e. The summed E-state index contributed by atoms with van der Waals surface area (Å²) in [5.41, 5.74) is 7.39. The van der Waals surface area contributed by atoms with Crippen LogP contribution in [0.5, 0.6) is 0 Å². The first-order valence-corrected chi connectivity index (χ1v) is 8.91. The molecule has 2 N–H and O–H groups in total. The van der Waals surface area contributed by atoms with Crippen LogP contribution in [-0.2, 0) is 11.8 Å². The molecule has 0 bridgehead atoms. The maximum Gasteiger partial charge on any atom is 0.254 e. The van der Waals surface area contributed by atoms with Crippen molar-refractivity contribution in [3.05, 3.63) is 23.8 Å². The van der Waals surface area contributed by atoms with Gasteiger partial charge in [-0.3, -0.25) is 9.59 Å². The summed E-state index contributed by atoms with van der Waals surface area (Å²) in [6.07, 6.45) is 7.18. The van der Waals surface area contributed by atoms with Crippen LogP contribution < -0.4 is 5.73 Å². The molecule has 0 spiro atoms. The van der Waals surface area contributed by atoms with Crippen molar-refractivity contribution in [3.8, 4) is 0 Å². The van der Waals surface area contributed by atoms with E-state index >= 15 is 0 Å². The van der Waals surface area contributed by atoms with Gasteiger partial charge in [-0.15, -0.1) is 5.10 Å². The molecule has 25 heavy (non-hydrogen) atoms. The Hall–Kier alpha value is -2.44. The number of nitrogens with two attached hydrogens (primary N) is 1. The first kappa shape index (κ1) is 17.4. The third-order valence-electron chi connectivity index (χ3n) is 5.02. The second-order valence-electron chi connectivity index (χ2n) is 6.90. The van der Waals surface area contributed by atoms with Gasteiger partial charge in [-0.2, -0.15) is 0 Å². The summed E-state index contributed by atoms with van der Waals surface area (Å²) in [5, 5.41) is 8.01. The van der Waals surface area contributed by atoms with Gasteiger partial charge < -0.3 is 10.6 Å². The van der Waals surface area contributed by atoms with Crippen molar-refractivity contribution >= 4 is 22.8 Å². The molecular formula is C18H25N5O2. The Bertz CT molecular complexity index is 764. The Morgan fingerprint density at radius 3 is 2.76 bits per heavy atom. The lowest BCUT2D eigenvalue weighted by atomic mass is 9.87. The number of carbonyl (C=O) groups excluding carboxylic acids is 2. The molecule has 1 aromatic carbocycles. The molecule has 1 fully saturated rings. The third-order valence-corrected chi connectivity index (χ3v) is 5.02. The van der Waals surface area contributed by atoms with E-state index in [1.165, 1.54) is 32.1 Å². The van der Waals surface area contributed by atoms with E-state index in [1.54, 1.807) is 28.8 Å². The second-order valence-corrected chi connectivity index (χ2v) is 6.90. The summed E-state index contributed by atoms with van der Waals surface area (Å²) in [6.45, 7) is 0.509. The van der Waals surface area contributed by atoms with Gasteiger partial charge in [0.05, 0.1) is 12.1 Å². The average molecular weight is 343 g/mol. The highest BCUT2D eigenvalue weighted by Crippen LogP contribution is 2.26. The Morgan fingerprint density at radius 1 is 1.28 bits per heavy atom. The van der Waals surface area contributed by atoms with E-state index in [4.69, 9.17) is 5.73 Å². The summed E-state index contributed by atoms with van der Waals surface area (Å²) in [4.78, 5) is 25.8. The topological polar surface area (TPSA) is 94.1 Å². The Kier molecular flexibility index (Phi) is 5.31. The number of hydrogen-bond acceptors (Lipinski definition) is 4. The van der Waals surface area contributed by atoms with Gasteiger partial charge in [0.25, 0.3) is 5.91 Å². The average Bonchev–Trinajstić information content (AvgIpc) is 2.99. The molecule has 0 radical (unpaired) electrons. The standard InChI is InChI=1S/C18H25N5O2/c1-22-16-8-7-14(11-15(16)20-21-22)18(25)23(12-17(19)24)10-9-13-5-3-2-4-6-13/h7-8,11,13H,2-6,9-10,12H2,1H3,(H2,19,24). The van der Waals surface area contributed by atoms with Crippen molar-refractivity contribution in [1.82, 2.24) is 19.9 Å². The van der Waals surface area contributed by atoms with E-state index in [0.717, 1.165) is 11.9 Å². The molecule has 7 heteroatoms. The van der Waals surface area contributed by atoms with Crippen LogP contribution in [0, 0.1) is 5.92 Å². The molecule has 2 aromatic rings. The van der Waals surface area contributed by atoms with Crippen molar-refractivity contribution in [2.75, 3.05) is 13.1 Å². The maximum atomic E-state index is 12.9. The maximum absolute atomic E-state index is 12.9. The number of hydrogen-bond donors (Lipinski definition) is 1. The van der Waals surface area contributed by atoms with Gasteiger partial charge in [-0.1, -0.05) is 37.3 Å². The van der Waals surface area contributed by atoms with Crippen LogP contribution in [0.15, 0.2) is 18.2 Å². The van der Waals surface area contributed by atoms with Crippen LogP contribution in [0.25, 0.3) is 11.0 Å². The summed E-state index contributed by atoms with van der Waals surface area (Å²) in [7, 11) is 1.81. The van der Waals surface area contributed by atoms with Crippen molar-refractivity contribution in [1.29, 1.82) is 0 Å². The predicted octanol–water partition coefficient (Wildman–Crippen LogP) is 1.87. The van der Waals surface area contributed by atoms with Crippen molar-refractivity contribution < 1.29 is 9.59 Å². The Morgan fingerprint density at radius 2 is 2.04 bits per heavy atom. The predicted molar refractivity (Wildman–Crippen MR) is 94.8 cm³/mol. The zero-order chi connectivity index (χ0) is 17.8. The SMILES string of the molecule is Cn1nnc2cc(C(=O)N(CCC3CCCCC3)CC(N)=O)ccc21. The zero-order valence-corrected chi connectivity index (χ0v) is 14.6. The monoisotopic (exact) mass is 343 g/mol. The Labute approximate surface area is 147 Å². The molecule has 0 atom stereocenters. The molecule has 1 saturated carbocycles. The number of primary amides is 1. The van der Waals surface area contributed by atoms with E-state index in [2.05, 4.69) is 10.3 Å². The minimum atomic E-state index is -0.488. The molecule has 1 heterocycles. The van der Waals surface area contributed by atoms with Crippen LogP contribution in [0.2, 0.25) is 0 Å². The number of fused-ring (bicyclic) bond motifs is 1. The van der Waals surface area contributed by atoms with Crippen molar-refractivity contribution in [2.45, 2.75) is 38.5 Å². The lowest BCUT2D eigenvalue weighted by Crippen LogP contribution is -2.39. The molecule has 0 saturated heterocycles. The highest BCUT2D eigenvalue weighted by molar-refractivity contribution is 5.98. The van der Waals surface area contributed by atoms with Gasteiger partial charge >= 0.3 is 0 Å². The van der Waals surface area contributed by atoms with Gasteiger partial charge in [-0.25, -0.2) is 4.68 Å². The molecular weight excluding hydrogens is 318 g/mol. The Balaban J connectivity index is 1.73. The fourth-order valence-corrected chi connectivity index (χ4v) is 3.61. The van der Waals surface area contributed by atoms with Gasteiger partial charge in [0.2, 0.25) is 5.91 Å². The molecule has 1 aliphatic carbocycles. The van der Waals surface area contributed by atoms with Crippen LogP contribution in [0.4, 0.5) is 0 Å². The molecule has 7 nitrogen and oxygen atoms in total. The molecule has 1 aromatic heterocycles. The van der Waals surface area contributed by atoms with Gasteiger partial charge in [-0.05, 0) is 30.5 Å².